The van der Waals surface area contributed by atoms with E-state index in [9.17, 15) is 34.2 Å². The highest BCUT2D eigenvalue weighted by Crippen LogP contribution is 2.36. The van der Waals surface area contributed by atoms with E-state index in [0.29, 0.717) is 22.5 Å². The maximum absolute atomic E-state index is 13.1. The number of ether oxygens (including phenoxy) is 1. The molecule has 1 atom stereocenters. The highest BCUT2D eigenvalue weighted by atomic mass is 16.5. The number of nitrogens with zero attached hydrogens (tertiary/aromatic N) is 2. The lowest BCUT2D eigenvalue weighted by atomic mass is 10.2. The molecule has 0 spiro atoms. The number of aliphatic carboxylic acids is 2. The van der Waals surface area contributed by atoms with Crippen LogP contribution < -0.4 is 40.9 Å². The Hall–Kier alpha value is -5.06. The van der Waals surface area contributed by atoms with Gasteiger partial charge in [-0.3, -0.25) is 19.2 Å². The summed E-state index contributed by atoms with van der Waals surface area (Å²) < 4.78 is 12.7. The third-order valence-corrected chi connectivity index (χ3v) is 5.73. The number of oxazole rings is 1. The summed E-state index contributed by atoms with van der Waals surface area (Å²) in [6, 6.07) is 13.2. The first-order valence-electron chi connectivity index (χ1n) is 10.7. The molecule has 11 heteroatoms. The van der Waals surface area contributed by atoms with Crippen LogP contribution >= 0.6 is 0 Å². The van der Waals surface area contributed by atoms with Crippen molar-refractivity contribution in [3.05, 3.63) is 95.5 Å². The highest BCUT2D eigenvalue weighted by Gasteiger charge is 2.31. The molecule has 2 N–H and O–H groups in total. The van der Waals surface area contributed by atoms with Crippen LogP contribution in [0.2, 0.25) is 0 Å². The van der Waals surface area contributed by atoms with Crippen molar-refractivity contribution in [3.8, 4) is 5.75 Å². The predicted octanol–water partition coefficient (Wildman–Crippen LogP) is -1.32. The Morgan fingerprint density at radius 3 is 2.36 bits per heavy atom. The molecule has 5 rings (SSSR count). The Kier molecular flexibility index (Phi) is 5.44. The van der Waals surface area contributed by atoms with Crippen molar-refractivity contribution in [1.82, 2.24) is 0 Å². The zero-order chi connectivity index (χ0) is 25.6. The molecule has 36 heavy (non-hydrogen) atoms. The molecule has 0 aliphatic carbocycles. The van der Waals surface area contributed by atoms with E-state index < -0.39 is 58.0 Å². The van der Waals surface area contributed by atoms with Crippen LogP contribution in [0.15, 0.2) is 67.3 Å². The van der Waals surface area contributed by atoms with Gasteiger partial charge in [-0.25, -0.2) is 4.79 Å². The SMILES string of the molecule is O=C(O)CN1c2ccccc2OC1C=c1c(=O)c(=O)c(=Cc2oc3ccccc3[n+]2CC(=O)O)c1=O. The Balaban J connectivity index is 1.67. The molecule has 0 saturated heterocycles. The fraction of sp³-hybridized carbons (Fsp3) is 0.120. The minimum atomic E-state index is -1.18. The monoisotopic (exact) mass is 489 g/mol. The Morgan fingerprint density at radius 1 is 0.917 bits per heavy atom. The molecule has 2 heterocycles. The third-order valence-electron chi connectivity index (χ3n) is 5.73. The van der Waals surface area contributed by atoms with Crippen molar-refractivity contribution >= 4 is 40.9 Å². The molecule has 0 amide bonds. The summed E-state index contributed by atoms with van der Waals surface area (Å²) in [4.78, 5) is 62.7. The van der Waals surface area contributed by atoms with Gasteiger partial charge in [-0.15, -0.1) is 4.57 Å². The topological polar surface area (TPSA) is 155 Å². The summed E-state index contributed by atoms with van der Waals surface area (Å²) in [7, 11) is 0. The summed E-state index contributed by atoms with van der Waals surface area (Å²) in [5.74, 6) is -2.07. The molecule has 1 aliphatic rings. The number of carboxylic acids is 2. The van der Waals surface area contributed by atoms with Gasteiger partial charge in [-0.1, -0.05) is 24.3 Å². The Bertz CT molecular complexity index is 1810. The van der Waals surface area contributed by atoms with Gasteiger partial charge in [-0.2, -0.15) is 0 Å². The summed E-state index contributed by atoms with van der Waals surface area (Å²) in [6.07, 6.45) is 1.05. The molecule has 0 fully saturated rings. The summed E-state index contributed by atoms with van der Waals surface area (Å²) in [5, 5.41) is 17.6. The molecular formula is C25H17N2O9+. The van der Waals surface area contributed by atoms with Gasteiger partial charge in [0.2, 0.25) is 28.4 Å². The molecule has 0 saturated carbocycles. The number of benzene rings is 2. The second kappa shape index (κ2) is 8.62. The lowest BCUT2D eigenvalue weighted by molar-refractivity contribution is -0.666. The smallest absolute Gasteiger partial charge is 0.375 e. The fourth-order valence-electron chi connectivity index (χ4n) is 4.17. The number of aromatic nitrogens is 1. The fourth-order valence-corrected chi connectivity index (χ4v) is 4.17. The van der Waals surface area contributed by atoms with E-state index in [0.717, 1.165) is 12.2 Å². The Morgan fingerprint density at radius 2 is 1.61 bits per heavy atom. The normalized spacial score (nSPS) is 15.9. The van der Waals surface area contributed by atoms with Gasteiger partial charge in [0.1, 0.15) is 12.3 Å². The average molecular weight is 489 g/mol. The minimum Gasteiger partial charge on any atom is -0.480 e. The van der Waals surface area contributed by atoms with E-state index in [2.05, 4.69) is 0 Å². The number of para-hydroxylation sites is 4. The van der Waals surface area contributed by atoms with E-state index in [1.807, 2.05) is 0 Å². The van der Waals surface area contributed by atoms with E-state index in [4.69, 9.17) is 9.15 Å². The standard InChI is InChI=1S/C25H16N2O9/c28-21(29)11-26-15-5-1-3-7-17(15)35-19(26)9-13-23(32)14(25(34)24(13)33)10-20-27(12-22(30)31)16-6-2-4-8-18(16)36-20/h1-10,19H,11-12H2,(H-,28,29,30,31)/p+1. The maximum atomic E-state index is 13.1. The van der Waals surface area contributed by atoms with Crippen LogP contribution in [-0.4, -0.2) is 34.9 Å². The van der Waals surface area contributed by atoms with Crippen molar-refractivity contribution in [2.75, 3.05) is 11.4 Å². The molecule has 1 aliphatic heterocycles. The molecule has 0 bridgehead atoms. The van der Waals surface area contributed by atoms with Crippen LogP contribution in [-0.2, 0) is 16.1 Å². The van der Waals surface area contributed by atoms with Crippen molar-refractivity contribution in [3.63, 3.8) is 0 Å². The second-order valence-corrected chi connectivity index (χ2v) is 8.01. The third kappa shape index (κ3) is 3.82. The lowest BCUT2D eigenvalue weighted by Gasteiger charge is -2.20. The molecule has 4 aromatic rings. The van der Waals surface area contributed by atoms with Crippen LogP contribution in [0.5, 0.6) is 5.75 Å². The summed E-state index contributed by atoms with van der Waals surface area (Å²) in [5.41, 5.74) is -1.86. The van der Waals surface area contributed by atoms with E-state index in [-0.39, 0.29) is 5.89 Å². The molecule has 180 valence electrons. The van der Waals surface area contributed by atoms with Crippen molar-refractivity contribution in [2.24, 2.45) is 0 Å². The van der Waals surface area contributed by atoms with Crippen LogP contribution in [0.3, 0.4) is 0 Å². The van der Waals surface area contributed by atoms with Crippen LogP contribution in [0.1, 0.15) is 5.89 Å². The number of carbonyl (C=O) groups is 2. The van der Waals surface area contributed by atoms with Crippen molar-refractivity contribution < 1.29 is 33.5 Å². The lowest BCUT2D eigenvalue weighted by Crippen LogP contribution is -2.43. The molecular weight excluding hydrogens is 472 g/mol. The van der Waals surface area contributed by atoms with Gasteiger partial charge in [0, 0.05) is 6.07 Å². The van der Waals surface area contributed by atoms with Crippen LogP contribution in [0.4, 0.5) is 5.69 Å². The minimum absolute atomic E-state index is 0.0959. The van der Waals surface area contributed by atoms with E-state index >= 15 is 0 Å². The number of hydrogen-bond acceptors (Lipinski definition) is 8. The average Bonchev–Trinajstić information content (AvgIpc) is 3.42. The summed E-state index contributed by atoms with van der Waals surface area (Å²) >= 11 is 0. The van der Waals surface area contributed by atoms with Gasteiger partial charge in [-0.05, 0) is 24.3 Å². The van der Waals surface area contributed by atoms with Crippen molar-refractivity contribution in [1.29, 1.82) is 0 Å². The molecule has 0 radical (unpaired) electrons. The van der Waals surface area contributed by atoms with Gasteiger partial charge >= 0.3 is 17.8 Å². The van der Waals surface area contributed by atoms with Crippen LogP contribution in [0.25, 0.3) is 23.3 Å². The van der Waals surface area contributed by atoms with Crippen molar-refractivity contribution in [2.45, 2.75) is 12.8 Å². The predicted molar refractivity (Wildman–Crippen MR) is 125 cm³/mol. The van der Waals surface area contributed by atoms with E-state index in [1.54, 1.807) is 48.5 Å². The maximum Gasteiger partial charge on any atom is 0.375 e. The first-order chi connectivity index (χ1) is 17.2. The first kappa shape index (κ1) is 22.7. The quantitative estimate of drug-likeness (QED) is 0.246. The number of anilines is 1. The zero-order valence-electron chi connectivity index (χ0n) is 18.4. The van der Waals surface area contributed by atoms with Gasteiger partial charge < -0.3 is 24.3 Å². The van der Waals surface area contributed by atoms with Gasteiger partial charge in [0.25, 0.3) is 5.52 Å². The molecule has 3 aromatic carbocycles. The highest BCUT2D eigenvalue weighted by molar-refractivity contribution is 5.78. The number of fused-ring (bicyclic) bond motifs is 2. The first-order valence-corrected chi connectivity index (χ1v) is 10.7. The summed E-state index contributed by atoms with van der Waals surface area (Å²) in [6.45, 7) is -0.980. The molecule has 1 unspecified atom stereocenters. The number of carboxylic acid groups (broad SMARTS) is 2. The molecule has 11 nitrogen and oxygen atoms in total. The zero-order valence-corrected chi connectivity index (χ0v) is 18.4. The van der Waals surface area contributed by atoms with Crippen LogP contribution in [0, 0.1) is 0 Å². The second-order valence-electron chi connectivity index (χ2n) is 8.01. The Labute approximate surface area is 200 Å². The van der Waals surface area contributed by atoms with Gasteiger partial charge in [0.05, 0.1) is 22.2 Å². The number of hydrogen-bond donors (Lipinski definition) is 2. The number of rotatable bonds is 6. The van der Waals surface area contributed by atoms with Gasteiger partial charge in [0.15, 0.2) is 6.23 Å². The van der Waals surface area contributed by atoms with E-state index in [1.165, 1.54) is 9.47 Å². The largest absolute Gasteiger partial charge is 0.480 e. The molecule has 1 aromatic heterocycles.